The standard InChI is InChI=1S/C13H16O5/c1-8(6-12(14)15)13(16)10-5-4-9(17-2)7-11(10)18-3/h4-5,7-8H,6H2,1-3H3,(H,14,15). The number of Topliss-reactive ketones (excluding diaryl/α,β-unsaturated/α-hetero) is 1. The molecule has 0 amide bonds. The van der Waals surface area contributed by atoms with Crippen LogP contribution in [0.2, 0.25) is 0 Å². The highest BCUT2D eigenvalue weighted by molar-refractivity contribution is 6.01. The molecule has 98 valence electrons. The molecule has 18 heavy (non-hydrogen) atoms. The third kappa shape index (κ3) is 3.23. The Bertz CT molecular complexity index is 453. The largest absolute Gasteiger partial charge is 0.497 e. The van der Waals surface area contributed by atoms with E-state index >= 15 is 0 Å². The van der Waals surface area contributed by atoms with E-state index in [2.05, 4.69) is 0 Å². The van der Waals surface area contributed by atoms with Gasteiger partial charge in [0.2, 0.25) is 0 Å². The Morgan fingerprint density at radius 2 is 1.94 bits per heavy atom. The highest BCUT2D eigenvalue weighted by Gasteiger charge is 2.21. The summed E-state index contributed by atoms with van der Waals surface area (Å²) in [5.74, 6) is -0.879. The van der Waals surface area contributed by atoms with Crippen LogP contribution >= 0.6 is 0 Å². The molecule has 0 bridgehead atoms. The van der Waals surface area contributed by atoms with Gasteiger partial charge in [0.15, 0.2) is 5.78 Å². The third-order valence-corrected chi connectivity index (χ3v) is 2.60. The lowest BCUT2D eigenvalue weighted by atomic mass is 9.96. The number of carbonyl (C=O) groups is 2. The SMILES string of the molecule is COc1ccc(C(=O)C(C)CC(=O)O)c(OC)c1. The van der Waals surface area contributed by atoms with Crippen molar-refractivity contribution in [1.82, 2.24) is 0 Å². The first kappa shape index (κ1) is 14.0. The lowest BCUT2D eigenvalue weighted by molar-refractivity contribution is -0.137. The number of rotatable bonds is 6. The Kier molecular flexibility index (Phi) is 4.71. The quantitative estimate of drug-likeness (QED) is 0.784. The second-order valence-corrected chi connectivity index (χ2v) is 3.93. The van der Waals surface area contributed by atoms with Crippen LogP contribution in [0.3, 0.4) is 0 Å². The molecule has 1 aromatic rings. The lowest BCUT2D eigenvalue weighted by Gasteiger charge is -2.12. The van der Waals surface area contributed by atoms with Gasteiger partial charge in [-0.05, 0) is 12.1 Å². The fourth-order valence-electron chi connectivity index (χ4n) is 1.62. The third-order valence-electron chi connectivity index (χ3n) is 2.60. The number of carbonyl (C=O) groups excluding carboxylic acids is 1. The number of benzene rings is 1. The van der Waals surface area contributed by atoms with Gasteiger partial charge in [-0.1, -0.05) is 6.92 Å². The number of hydrogen-bond donors (Lipinski definition) is 1. The van der Waals surface area contributed by atoms with Gasteiger partial charge < -0.3 is 14.6 Å². The summed E-state index contributed by atoms with van der Waals surface area (Å²) in [6.07, 6.45) is -0.200. The van der Waals surface area contributed by atoms with Crippen molar-refractivity contribution < 1.29 is 24.2 Å². The van der Waals surface area contributed by atoms with E-state index in [1.54, 1.807) is 25.1 Å². The zero-order chi connectivity index (χ0) is 13.7. The summed E-state index contributed by atoms with van der Waals surface area (Å²) >= 11 is 0. The Morgan fingerprint density at radius 1 is 1.28 bits per heavy atom. The molecule has 1 aromatic carbocycles. The van der Waals surface area contributed by atoms with E-state index < -0.39 is 11.9 Å². The van der Waals surface area contributed by atoms with Crippen LogP contribution in [0, 0.1) is 5.92 Å². The first-order valence-corrected chi connectivity index (χ1v) is 5.47. The van der Waals surface area contributed by atoms with E-state index in [4.69, 9.17) is 14.6 Å². The molecule has 0 aromatic heterocycles. The molecule has 0 aliphatic heterocycles. The highest BCUT2D eigenvalue weighted by atomic mass is 16.5. The first-order valence-electron chi connectivity index (χ1n) is 5.47. The van der Waals surface area contributed by atoms with Crippen LogP contribution in [0.1, 0.15) is 23.7 Å². The smallest absolute Gasteiger partial charge is 0.304 e. The molecule has 0 saturated heterocycles. The van der Waals surface area contributed by atoms with Crippen LogP contribution in [-0.4, -0.2) is 31.1 Å². The minimum absolute atomic E-state index is 0.200. The van der Waals surface area contributed by atoms with E-state index in [0.29, 0.717) is 17.1 Å². The number of ketones is 1. The van der Waals surface area contributed by atoms with E-state index in [1.165, 1.54) is 14.2 Å². The second-order valence-electron chi connectivity index (χ2n) is 3.93. The molecule has 0 aliphatic rings. The number of carboxylic acids is 1. The predicted molar refractivity (Wildman–Crippen MR) is 65.3 cm³/mol. The van der Waals surface area contributed by atoms with Crippen LogP contribution in [0.4, 0.5) is 0 Å². The maximum Gasteiger partial charge on any atom is 0.304 e. The molecule has 1 N–H and O–H groups in total. The number of aliphatic carboxylic acids is 1. The normalized spacial score (nSPS) is 11.7. The molecule has 0 aliphatic carbocycles. The van der Waals surface area contributed by atoms with Crippen molar-refractivity contribution >= 4 is 11.8 Å². The van der Waals surface area contributed by atoms with Crippen molar-refractivity contribution in [2.45, 2.75) is 13.3 Å². The fraction of sp³-hybridized carbons (Fsp3) is 0.385. The molecule has 5 nitrogen and oxygen atoms in total. The van der Waals surface area contributed by atoms with Gasteiger partial charge >= 0.3 is 5.97 Å². The van der Waals surface area contributed by atoms with Gasteiger partial charge in [-0.3, -0.25) is 9.59 Å². The monoisotopic (exact) mass is 252 g/mol. The van der Waals surface area contributed by atoms with E-state index in [-0.39, 0.29) is 12.2 Å². The molecular weight excluding hydrogens is 236 g/mol. The molecular formula is C13H16O5. The first-order chi connectivity index (χ1) is 8.49. The summed E-state index contributed by atoms with van der Waals surface area (Å²) in [4.78, 5) is 22.7. The zero-order valence-corrected chi connectivity index (χ0v) is 10.6. The van der Waals surface area contributed by atoms with Crippen LogP contribution in [0.25, 0.3) is 0 Å². The van der Waals surface area contributed by atoms with E-state index in [1.807, 2.05) is 0 Å². The topological polar surface area (TPSA) is 72.8 Å². The van der Waals surface area contributed by atoms with Crippen molar-refractivity contribution in [2.24, 2.45) is 5.92 Å². The molecule has 0 fully saturated rings. The van der Waals surface area contributed by atoms with Crippen LogP contribution in [0.15, 0.2) is 18.2 Å². The molecule has 0 saturated carbocycles. The van der Waals surface area contributed by atoms with Crippen molar-refractivity contribution in [1.29, 1.82) is 0 Å². The average Bonchev–Trinajstić information content (AvgIpc) is 2.36. The molecule has 0 radical (unpaired) electrons. The summed E-state index contributed by atoms with van der Waals surface area (Å²) in [6.45, 7) is 1.58. The second kappa shape index (κ2) is 6.05. The number of hydrogen-bond acceptors (Lipinski definition) is 4. The van der Waals surface area contributed by atoms with Gasteiger partial charge in [0, 0.05) is 12.0 Å². The zero-order valence-electron chi connectivity index (χ0n) is 10.6. The van der Waals surface area contributed by atoms with Gasteiger partial charge in [0.25, 0.3) is 0 Å². The number of ether oxygens (including phenoxy) is 2. The Hall–Kier alpha value is -2.04. The molecule has 0 spiro atoms. The summed E-state index contributed by atoms with van der Waals surface area (Å²) < 4.78 is 10.1. The van der Waals surface area contributed by atoms with Gasteiger partial charge in [0.1, 0.15) is 11.5 Å². The maximum atomic E-state index is 12.1. The summed E-state index contributed by atoms with van der Waals surface area (Å²) in [5, 5.41) is 8.68. The molecule has 1 atom stereocenters. The average molecular weight is 252 g/mol. The Balaban J connectivity index is 3.01. The van der Waals surface area contributed by atoms with Crippen molar-refractivity contribution in [3.05, 3.63) is 23.8 Å². The van der Waals surface area contributed by atoms with Gasteiger partial charge in [-0.25, -0.2) is 0 Å². The lowest BCUT2D eigenvalue weighted by Crippen LogP contribution is -2.16. The van der Waals surface area contributed by atoms with Gasteiger partial charge in [0.05, 0.1) is 26.2 Å². The number of carboxylic acid groups (broad SMARTS) is 1. The summed E-state index contributed by atoms with van der Waals surface area (Å²) in [6, 6.07) is 4.82. The summed E-state index contributed by atoms with van der Waals surface area (Å²) in [7, 11) is 2.97. The van der Waals surface area contributed by atoms with E-state index in [9.17, 15) is 9.59 Å². The van der Waals surface area contributed by atoms with Crippen LogP contribution < -0.4 is 9.47 Å². The maximum absolute atomic E-state index is 12.1. The summed E-state index contributed by atoms with van der Waals surface area (Å²) in [5.41, 5.74) is 0.368. The minimum atomic E-state index is -0.997. The molecule has 1 unspecified atom stereocenters. The minimum Gasteiger partial charge on any atom is -0.497 e. The highest BCUT2D eigenvalue weighted by Crippen LogP contribution is 2.27. The Morgan fingerprint density at radius 3 is 2.44 bits per heavy atom. The van der Waals surface area contributed by atoms with Gasteiger partial charge in [-0.15, -0.1) is 0 Å². The molecule has 1 rings (SSSR count). The molecule has 0 heterocycles. The van der Waals surface area contributed by atoms with Crippen molar-refractivity contribution in [3.63, 3.8) is 0 Å². The van der Waals surface area contributed by atoms with E-state index in [0.717, 1.165) is 0 Å². The fourth-order valence-corrected chi connectivity index (χ4v) is 1.62. The van der Waals surface area contributed by atoms with Crippen LogP contribution in [0.5, 0.6) is 11.5 Å². The Labute approximate surface area is 105 Å². The van der Waals surface area contributed by atoms with Gasteiger partial charge in [-0.2, -0.15) is 0 Å². The predicted octanol–water partition coefficient (Wildman–Crippen LogP) is 2.00. The number of methoxy groups -OCH3 is 2. The van der Waals surface area contributed by atoms with Crippen molar-refractivity contribution in [2.75, 3.05) is 14.2 Å². The van der Waals surface area contributed by atoms with Crippen molar-refractivity contribution in [3.8, 4) is 11.5 Å². The molecule has 5 heteroatoms. The van der Waals surface area contributed by atoms with Crippen LogP contribution in [-0.2, 0) is 4.79 Å².